The summed E-state index contributed by atoms with van der Waals surface area (Å²) in [6.45, 7) is 4.55. The van der Waals surface area contributed by atoms with Gasteiger partial charge >= 0.3 is 0 Å². The van der Waals surface area contributed by atoms with Gasteiger partial charge in [-0.25, -0.2) is 9.97 Å². The second kappa shape index (κ2) is 14.5. The van der Waals surface area contributed by atoms with Gasteiger partial charge in [0.15, 0.2) is 0 Å². The quantitative estimate of drug-likeness (QED) is 0.211. The Morgan fingerprint density at radius 2 is 1.39 bits per heavy atom. The zero-order valence-corrected chi connectivity index (χ0v) is 21.1. The lowest BCUT2D eigenvalue weighted by atomic mass is 9.78. The molecule has 182 valence electrons. The lowest BCUT2D eigenvalue weighted by Crippen LogP contribution is -2.15. The highest BCUT2D eigenvalue weighted by molar-refractivity contribution is 5.62. The van der Waals surface area contributed by atoms with Crippen LogP contribution in [0.4, 0.5) is 4.39 Å². The van der Waals surface area contributed by atoms with E-state index in [1.54, 1.807) is 6.20 Å². The zero-order chi connectivity index (χ0) is 23.3. The number of rotatable bonds is 14. The zero-order valence-electron chi connectivity index (χ0n) is 21.1. The minimum Gasteiger partial charge on any atom is -0.241 e. The maximum absolute atomic E-state index is 14.7. The summed E-state index contributed by atoms with van der Waals surface area (Å²) in [6.07, 6.45) is 21.9. The number of benzene rings is 1. The van der Waals surface area contributed by atoms with E-state index in [-0.39, 0.29) is 5.95 Å². The van der Waals surface area contributed by atoms with Crippen molar-refractivity contribution in [2.75, 3.05) is 0 Å². The van der Waals surface area contributed by atoms with Crippen LogP contribution in [0.1, 0.15) is 115 Å². The number of halogens is 1. The van der Waals surface area contributed by atoms with E-state index in [0.717, 1.165) is 36.7 Å². The van der Waals surface area contributed by atoms with E-state index in [2.05, 4.69) is 35.9 Å². The molecule has 0 saturated heterocycles. The second-order valence-electron chi connectivity index (χ2n) is 10.3. The Morgan fingerprint density at radius 1 is 0.758 bits per heavy atom. The molecular formula is C30H45FN2. The Hall–Kier alpha value is -1.77. The van der Waals surface area contributed by atoms with Gasteiger partial charge in [-0.15, -0.1) is 0 Å². The first-order valence-electron chi connectivity index (χ1n) is 13.8. The normalized spacial score (nSPS) is 18.5. The van der Waals surface area contributed by atoms with Gasteiger partial charge in [0.1, 0.15) is 5.82 Å². The molecule has 1 fully saturated rings. The van der Waals surface area contributed by atoms with Crippen molar-refractivity contribution >= 4 is 0 Å². The molecule has 1 aromatic carbocycles. The SMILES string of the molecule is CCCCCCCCCc1ncc(-c2ccc(CCC3CCC(CCC)CC3)cc2)c(F)n1. The second-order valence-corrected chi connectivity index (χ2v) is 10.3. The van der Waals surface area contributed by atoms with Crippen LogP contribution >= 0.6 is 0 Å². The predicted octanol–water partition coefficient (Wildman–Crippen LogP) is 9.11. The molecule has 3 heteroatoms. The van der Waals surface area contributed by atoms with Gasteiger partial charge < -0.3 is 0 Å². The third kappa shape index (κ3) is 8.83. The Balaban J connectivity index is 1.42. The van der Waals surface area contributed by atoms with Crippen molar-refractivity contribution in [1.82, 2.24) is 9.97 Å². The molecule has 33 heavy (non-hydrogen) atoms. The van der Waals surface area contributed by atoms with E-state index < -0.39 is 0 Å². The molecule has 1 aliphatic rings. The van der Waals surface area contributed by atoms with Crippen LogP contribution in [-0.2, 0) is 12.8 Å². The summed E-state index contributed by atoms with van der Waals surface area (Å²) in [5.74, 6) is 2.10. The molecule has 1 saturated carbocycles. The minimum absolute atomic E-state index is 0.389. The van der Waals surface area contributed by atoms with Crippen LogP contribution in [0.3, 0.4) is 0 Å². The Bertz CT molecular complexity index is 793. The summed E-state index contributed by atoms with van der Waals surface area (Å²) in [5.41, 5.74) is 2.74. The molecule has 2 aromatic rings. The van der Waals surface area contributed by atoms with Crippen LogP contribution in [-0.4, -0.2) is 9.97 Å². The molecule has 0 radical (unpaired) electrons. The molecule has 0 N–H and O–H groups in total. The van der Waals surface area contributed by atoms with E-state index in [9.17, 15) is 4.39 Å². The molecule has 3 rings (SSSR count). The Labute approximate surface area is 201 Å². The first-order chi connectivity index (χ1) is 16.2. The summed E-state index contributed by atoms with van der Waals surface area (Å²) < 4.78 is 14.7. The summed E-state index contributed by atoms with van der Waals surface area (Å²) in [6, 6.07) is 8.38. The van der Waals surface area contributed by atoms with Crippen molar-refractivity contribution in [3.8, 4) is 11.1 Å². The molecule has 0 spiro atoms. The van der Waals surface area contributed by atoms with Gasteiger partial charge in [-0.3, -0.25) is 0 Å². The molecule has 0 amide bonds. The number of hydrogen-bond donors (Lipinski definition) is 0. The van der Waals surface area contributed by atoms with Crippen LogP contribution in [0.5, 0.6) is 0 Å². The highest BCUT2D eigenvalue weighted by atomic mass is 19.1. The van der Waals surface area contributed by atoms with Gasteiger partial charge in [-0.05, 0) is 42.2 Å². The minimum atomic E-state index is -0.389. The highest BCUT2D eigenvalue weighted by Crippen LogP contribution is 2.34. The molecule has 0 bridgehead atoms. The van der Waals surface area contributed by atoms with E-state index in [4.69, 9.17) is 0 Å². The first-order valence-corrected chi connectivity index (χ1v) is 13.8. The largest absolute Gasteiger partial charge is 0.241 e. The van der Waals surface area contributed by atoms with Crippen molar-refractivity contribution in [2.45, 2.75) is 117 Å². The molecule has 1 heterocycles. The number of aromatic nitrogens is 2. The number of aryl methyl sites for hydroxylation is 2. The lowest BCUT2D eigenvalue weighted by molar-refractivity contribution is 0.252. The fourth-order valence-electron chi connectivity index (χ4n) is 5.39. The first kappa shape index (κ1) is 25.8. The van der Waals surface area contributed by atoms with Crippen molar-refractivity contribution in [2.24, 2.45) is 11.8 Å². The number of nitrogens with zero attached hydrogens (tertiary/aromatic N) is 2. The smallest absolute Gasteiger partial charge is 0.224 e. The Kier molecular flexibility index (Phi) is 11.3. The fourth-order valence-corrected chi connectivity index (χ4v) is 5.39. The van der Waals surface area contributed by atoms with Crippen LogP contribution in [0.2, 0.25) is 0 Å². The average Bonchev–Trinajstić information content (AvgIpc) is 2.84. The van der Waals surface area contributed by atoms with Gasteiger partial charge in [0.25, 0.3) is 0 Å². The van der Waals surface area contributed by atoms with Gasteiger partial charge in [-0.1, -0.05) is 115 Å². The molecule has 0 atom stereocenters. The van der Waals surface area contributed by atoms with E-state index >= 15 is 0 Å². The molecule has 0 aliphatic heterocycles. The summed E-state index contributed by atoms with van der Waals surface area (Å²) >= 11 is 0. The number of hydrogen-bond acceptors (Lipinski definition) is 2. The molecular weight excluding hydrogens is 407 g/mol. The molecule has 0 unspecified atom stereocenters. The van der Waals surface area contributed by atoms with Crippen molar-refractivity contribution in [3.05, 3.63) is 47.8 Å². The summed E-state index contributed by atoms with van der Waals surface area (Å²) in [4.78, 5) is 8.61. The molecule has 1 aromatic heterocycles. The van der Waals surface area contributed by atoms with Crippen molar-refractivity contribution < 1.29 is 4.39 Å². The lowest BCUT2D eigenvalue weighted by Gasteiger charge is -2.28. The predicted molar refractivity (Wildman–Crippen MR) is 138 cm³/mol. The van der Waals surface area contributed by atoms with Gasteiger partial charge in [0.05, 0.1) is 5.56 Å². The third-order valence-electron chi connectivity index (χ3n) is 7.57. The topological polar surface area (TPSA) is 25.8 Å². The van der Waals surface area contributed by atoms with Crippen LogP contribution in [0.25, 0.3) is 11.1 Å². The van der Waals surface area contributed by atoms with Crippen LogP contribution in [0.15, 0.2) is 30.5 Å². The number of unbranched alkanes of at least 4 members (excludes halogenated alkanes) is 6. The maximum Gasteiger partial charge on any atom is 0.224 e. The summed E-state index contributed by atoms with van der Waals surface area (Å²) in [7, 11) is 0. The standard InChI is InChI=1S/C30H45FN2/c1-3-5-6-7-8-9-10-12-29-32-23-28(30(31)33-29)27-21-19-26(20-22-27)18-17-25-15-13-24(11-4-2)14-16-25/h19-25H,3-18H2,1-2H3. The fraction of sp³-hybridized carbons (Fsp3) is 0.667. The Morgan fingerprint density at radius 3 is 2.03 bits per heavy atom. The van der Waals surface area contributed by atoms with Gasteiger partial charge in [0, 0.05) is 12.6 Å². The van der Waals surface area contributed by atoms with Crippen LogP contribution in [0, 0.1) is 17.8 Å². The van der Waals surface area contributed by atoms with Crippen molar-refractivity contribution in [3.63, 3.8) is 0 Å². The third-order valence-corrected chi connectivity index (χ3v) is 7.57. The summed E-state index contributed by atoms with van der Waals surface area (Å²) in [5, 5.41) is 0. The van der Waals surface area contributed by atoms with Gasteiger partial charge in [-0.2, -0.15) is 4.39 Å². The van der Waals surface area contributed by atoms with E-state index in [1.165, 1.54) is 89.0 Å². The highest BCUT2D eigenvalue weighted by Gasteiger charge is 2.20. The van der Waals surface area contributed by atoms with Crippen LogP contribution < -0.4 is 0 Å². The molecule has 1 aliphatic carbocycles. The maximum atomic E-state index is 14.7. The average molecular weight is 453 g/mol. The van der Waals surface area contributed by atoms with E-state index in [1.807, 2.05) is 12.1 Å². The monoisotopic (exact) mass is 452 g/mol. The molecule has 2 nitrogen and oxygen atoms in total. The van der Waals surface area contributed by atoms with E-state index in [0.29, 0.717) is 11.4 Å². The van der Waals surface area contributed by atoms with Crippen molar-refractivity contribution in [1.29, 1.82) is 0 Å². The van der Waals surface area contributed by atoms with Gasteiger partial charge in [0.2, 0.25) is 5.95 Å².